The fraction of sp³-hybridized carbons (Fsp3) is 0.716. The number of unbranched alkanes of at least 4 members (excludes halogenated alkanes) is 34. The summed E-state index contributed by atoms with van der Waals surface area (Å²) < 4.78 is 0. The van der Waals surface area contributed by atoms with Gasteiger partial charge in [-0.1, -0.05) is 347 Å². The highest BCUT2D eigenvalue weighted by molar-refractivity contribution is 5.76. The Morgan fingerprint density at radius 2 is 0.564 bits per heavy atom. The first-order chi connectivity index (χ1) is 38.7. The first kappa shape index (κ1) is 74.8. The fourth-order valence-corrected chi connectivity index (χ4v) is 9.92. The molecule has 1 amide bonds. The summed E-state index contributed by atoms with van der Waals surface area (Å²) in [5, 5.41) is 23.4. The second-order valence-corrected chi connectivity index (χ2v) is 22.5. The summed E-state index contributed by atoms with van der Waals surface area (Å²) >= 11 is 0. The van der Waals surface area contributed by atoms with Gasteiger partial charge in [-0.2, -0.15) is 0 Å². The lowest BCUT2D eigenvalue weighted by atomic mass is 10.0. The maximum absolute atomic E-state index is 12.5. The van der Waals surface area contributed by atoms with Crippen LogP contribution in [0.4, 0.5) is 0 Å². The predicted octanol–water partition coefficient (Wildman–Crippen LogP) is 23.2. The molecule has 0 heterocycles. The van der Waals surface area contributed by atoms with Crippen molar-refractivity contribution in [1.82, 2.24) is 5.32 Å². The predicted molar refractivity (Wildman–Crippen MR) is 349 cm³/mol. The van der Waals surface area contributed by atoms with Crippen molar-refractivity contribution in [3.05, 3.63) is 122 Å². The summed E-state index contributed by atoms with van der Waals surface area (Å²) in [7, 11) is 0. The van der Waals surface area contributed by atoms with Crippen molar-refractivity contribution in [3.8, 4) is 0 Å². The molecule has 4 nitrogen and oxygen atoms in total. The minimum atomic E-state index is -0.690. The van der Waals surface area contributed by atoms with Gasteiger partial charge in [0.05, 0.1) is 18.8 Å². The molecule has 0 spiro atoms. The van der Waals surface area contributed by atoms with Crippen LogP contribution in [0.3, 0.4) is 0 Å². The third-order valence-electron chi connectivity index (χ3n) is 15.0. The van der Waals surface area contributed by atoms with Crippen molar-refractivity contribution in [2.75, 3.05) is 6.61 Å². The maximum Gasteiger partial charge on any atom is 0.220 e. The van der Waals surface area contributed by atoms with Crippen LogP contribution in [-0.2, 0) is 4.79 Å². The third-order valence-corrected chi connectivity index (χ3v) is 15.0. The number of hydrogen-bond acceptors (Lipinski definition) is 3. The average molecular weight is 1080 g/mol. The monoisotopic (exact) mass is 1080 g/mol. The summed E-state index contributed by atoms with van der Waals surface area (Å²) in [5.74, 6) is -0.0744. The Kier molecular flexibility index (Phi) is 65.3. The second-order valence-electron chi connectivity index (χ2n) is 22.5. The van der Waals surface area contributed by atoms with E-state index in [9.17, 15) is 15.0 Å². The largest absolute Gasteiger partial charge is 0.394 e. The van der Waals surface area contributed by atoms with Crippen molar-refractivity contribution >= 4 is 5.91 Å². The summed E-state index contributed by atoms with van der Waals surface area (Å²) in [6.07, 6.45) is 104. The molecule has 0 aliphatic heterocycles. The molecule has 448 valence electrons. The molecule has 4 heteroatoms. The van der Waals surface area contributed by atoms with Gasteiger partial charge in [0.15, 0.2) is 0 Å². The lowest BCUT2D eigenvalue weighted by Gasteiger charge is -2.22. The quantitative estimate of drug-likeness (QED) is 0.0420. The van der Waals surface area contributed by atoms with E-state index in [4.69, 9.17) is 0 Å². The Hall–Kier alpha value is -3.21. The van der Waals surface area contributed by atoms with Crippen molar-refractivity contribution < 1.29 is 15.0 Å². The minimum absolute atomic E-state index is 0.0744. The number of rotatable bonds is 61. The lowest BCUT2D eigenvalue weighted by Crippen LogP contribution is -2.45. The zero-order valence-corrected chi connectivity index (χ0v) is 51.7. The van der Waals surface area contributed by atoms with E-state index in [0.717, 1.165) is 96.3 Å². The number of amides is 1. The molecule has 2 unspecified atom stereocenters. The van der Waals surface area contributed by atoms with Crippen molar-refractivity contribution in [2.45, 2.75) is 334 Å². The van der Waals surface area contributed by atoms with Crippen molar-refractivity contribution in [1.29, 1.82) is 0 Å². The highest BCUT2D eigenvalue weighted by Crippen LogP contribution is 2.18. The van der Waals surface area contributed by atoms with Crippen LogP contribution in [-0.4, -0.2) is 34.9 Å². The Balaban J connectivity index is 3.56. The molecule has 0 aliphatic carbocycles. The number of carbonyl (C=O) groups is 1. The number of nitrogens with one attached hydrogen (secondary N) is 1. The van der Waals surface area contributed by atoms with Crippen LogP contribution in [0.2, 0.25) is 0 Å². The first-order valence-electron chi connectivity index (χ1n) is 33.7. The third kappa shape index (κ3) is 63.6. The van der Waals surface area contributed by atoms with Crippen LogP contribution in [0.15, 0.2) is 122 Å². The summed E-state index contributed by atoms with van der Waals surface area (Å²) in [4.78, 5) is 12.5. The van der Waals surface area contributed by atoms with Crippen LogP contribution in [0, 0.1) is 0 Å². The van der Waals surface area contributed by atoms with Crippen molar-refractivity contribution in [3.63, 3.8) is 0 Å². The van der Waals surface area contributed by atoms with Gasteiger partial charge in [0.25, 0.3) is 0 Å². The molecule has 0 fully saturated rings. The molecule has 0 rings (SSSR count). The lowest BCUT2D eigenvalue weighted by molar-refractivity contribution is -0.123. The van der Waals surface area contributed by atoms with Crippen LogP contribution < -0.4 is 5.32 Å². The van der Waals surface area contributed by atoms with E-state index in [1.165, 1.54) is 199 Å². The van der Waals surface area contributed by atoms with E-state index in [-0.39, 0.29) is 12.5 Å². The summed E-state index contributed by atoms with van der Waals surface area (Å²) in [5.41, 5.74) is 0. The van der Waals surface area contributed by atoms with Gasteiger partial charge < -0.3 is 15.5 Å². The van der Waals surface area contributed by atoms with Gasteiger partial charge in [-0.15, -0.1) is 0 Å². The van der Waals surface area contributed by atoms with E-state index in [1.54, 1.807) is 0 Å². The molecular formula is C74H129NO3. The maximum atomic E-state index is 12.5. The zero-order valence-electron chi connectivity index (χ0n) is 51.7. The van der Waals surface area contributed by atoms with E-state index in [1.807, 2.05) is 0 Å². The van der Waals surface area contributed by atoms with Crippen LogP contribution in [0.1, 0.15) is 322 Å². The molecular weight excluding hydrogens is 951 g/mol. The van der Waals surface area contributed by atoms with Gasteiger partial charge in [0, 0.05) is 6.42 Å². The molecule has 0 aromatic carbocycles. The van der Waals surface area contributed by atoms with E-state index in [2.05, 4.69) is 141 Å². The molecule has 0 radical (unpaired) electrons. The number of aliphatic hydroxyl groups is 2. The molecule has 0 aromatic rings. The highest BCUT2D eigenvalue weighted by Gasteiger charge is 2.20. The second kappa shape index (κ2) is 68.1. The van der Waals surface area contributed by atoms with Crippen LogP contribution >= 0.6 is 0 Å². The van der Waals surface area contributed by atoms with Gasteiger partial charge in [0.2, 0.25) is 5.91 Å². The first-order valence-corrected chi connectivity index (χ1v) is 33.7. The van der Waals surface area contributed by atoms with Gasteiger partial charge in [-0.05, 0) is 89.9 Å². The number of hydrogen-bond donors (Lipinski definition) is 3. The molecule has 0 aliphatic rings. The Bertz CT molecular complexity index is 1510. The molecule has 0 saturated heterocycles. The number of carbonyl (C=O) groups excluding carboxylic acids is 1. The molecule has 0 aromatic heterocycles. The minimum Gasteiger partial charge on any atom is -0.394 e. The van der Waals surface area contributed by atoms with E-state index < -0.39 is 12.1 Å². The number of aliphatic hydroxyl groups excluding tert-OH is 2. The van der Waals surface area contributed by atoms with Gasteiger partial charge in [-0.3, -0.25) is 4.79 Å². The summed E-state index contributed by atoms with van der Waals surface area (Å²) in [6.45, 7) is 4.25. The molecule has 0 bridgehead atoms. The molecule has 78 heavy (non-hydrogen) atoms. The topological polar surface area (TPSA) is 69.6 Å². The van der Waals surface area contributed by atoms with Gasteiger partial charge in [-0.25, -0.2) is 0 Å². The SMILES string of the molecule is CC/C=C\C/C=C\C/C=C\C/C=C\C/C=C\C/C=C\C/C=C\C/C=C\C/C=C\C/C=C\CCCCC(=O)NC(CO)C(O)CCCCCCCCCCCCCCCCCCCCCCCCCCCCCCCCCCC. The summed E-state index contributed by atoms with van der Waals surface area (Å²) in [6, 6.07) is -0.571. The van der Waals surface area contributed by atoms with Crippen molar-refractivity contribution in [2.24, 2.45) is 0 Å². The Labute approximate surface area is 486 Å². The van der Waals surface area contributed by atoms with Gasteiger partial charge >= 0.3 is 0 Å². The van der Waals surface area contributed by atoms with E-state index in [0.29, 0.717) is 12.8 Å². The van der Waals surface area contributed by atoms with Crippen LogP contribution in [0.5, 0.6) is 0 Å². The number of allylic oxidation sites excluding steroid dienone is 20. The molecule has 0 saturated carbocycles. The van der Waals surface area contributed by atoms with E-state index >= 15 is 0 Å². The Morgan fingerprint density at radius 3 is 0.821 bits per heavy atom. The Morgan fingerprint density at radius 1 is 0.321 bits per heavy atom. The zero-order chi connectivity index (χ0) is 56.2. The average Bonchev–Trinajstić information content (AvgIpc) is 3.44. The molecule has 3 N–H and O–H groups in total. The van der Waals surface area contributed by atoms with Gasteiger partial charge in [0.1, 0.15) is 0 Å². The molecule has 2 atom stereocenters. The highest BCUT2D eigenvalue weighted by atomic mass is 16.3. The van der Waals surface area contributed by atoms with Crippen LogP contribution in [0.25, 0.3) is 0 Å². The smallest absolute Gasteiger partial charge is 0.220 e. The standard InChI is InChI=1S/C74H129NO3/c1-3-5-7-9-11-13-15-17-19-21-23-25-27-29-31-33-35-37-39-41-43-45-47-49-51-53-55-57-59-61-63-65-67-69-73(77)72(71-76)75-74(78)70-68-66-64-62-60-58-56-54-52-50-48-46-44-42-40-38-36-34-32-30-28-26-24-22-20-18-16-14-12-10-8-6-4-2/h6,8,12,14,18,20,24,26,30,32,36,38,42,44,48,50,54,56,60,62,72-73,76-77H,3-5,7,9-11,13,15-17,19,21-23,25,27-29,31,33-35,37,39-41,43,45-47,49,51-53,55,57-59,61,63-71H2,1-2H3,(H,75,78)/b8-6-,14-12-,20-18-,26-24-,32-30-,38-36-,44-42-,50-48-,56-54-,62-60-. The fourth-order valence-electron chi connectivity index (χ4n) is 9.92. The normalized spacial score (nSPS) is 13.5.